The topological polar surface area (TPSA) is 46.6 Å². The summed E-state index contributed by atoms with van der Waals surface area (Å²) < 4.78 is 5.56. The SMILES string of the molecule is CC(=O)O[C@@]1(Sc2ccccc2)C(=O)N(C)[C@H]1c1ccccc1. The van der Waals surface area contributed by atoms with Gasteiger partial charge in [0.05, 0.1) is 0 Å². The maximum absolute atomic E-state index is 12.6. The van der Waals surface area contributed by atoms with Crippen LogP contribution in [0.2, 0.25) is 0 Å². The fourth-order valence-electron chi connectivity index (χ4n) is 2.84. The number of nitrogens with zero attached hydrogens (tertiary/aromatic N) is 1. The van der Waals surface area contributed by atoms with Crippen LogP contribution in [0.4, 0.5) is 0 Å². The van der Waals surface area contributed by atoms with E-state index < -0.39 is 10.9 Å². The Hall–Kier alpha value is -2.27. The molecule has 23 heavy (non-hydrogen) atoms. The van der Waals surface area contributed by atoms with E-state index in [0.717, 1.165) is 10.5 Å². The molecule has 4 nitrogen and oxygen atoms in total. The molecular formula is C18H17NO3S. The summed E-state index contributed by atoms with van der Waals surface area (Å²) in [5.41, 5.74) is 0.944. The quantitative estimate of drug-likeness (QED) is 0.491. The summed E-state index contributed by atoms with van der Waals surface area (Å²) in [6, 6.07) is 18.8. The highest BCUT2D eigenvalue weighted by Gasteiger charge is 2.64. The van der Waals surface area contributed by atoms with Gasteiger partial charge in [0.2, 0.25) is 0 Å². The van der Waals surface area contributed by atoms with Crippen molar-refractivity contribution >= 4 is 23.6 Å². The second kappa shape index (κ2) is 6.08. The number of hydrogen-bond acceptors (Lipinski definition) is 4. The van der Waals surface area contributed by atoms with Crippen LogP contribution in [-0.2, 0) is 14.3 Å². The van der Waals surface area contributed by atoms with E-state index in [0.29, 0.717) is 0 Å². The maximum atomic E-state index is 12.6. The van der Waals surface area contributed by atoms with Gasteiger partial charge in [-0.3, -0.25) is 9.59 Å². The van der Waals surface area contributed by atoms with Crippen LogP contribution in [0.5, 0.6) is 0 Å². The van der Waals surface area contributed by atoms with E-state index in [4.69, 9.17) is 4.74 Å². The third-order valence-corrected chi connectivity index (χ3v) is 5.08. The van der Waals surface area contributed by atoms with E-state index >= 15 is 0 Å². The molecule has 0 radical (unpaired) electrons. The van der Waals surface area contributed by atoms with Gasteiger partial charge in [0.25, 0.3) is 10.8 Å². The van der Waals surface area contributed by atoms with Crippen LogP contribution in [0.15, 0.2) is 65.6 Å². The van der Waals surface area contributed by atoms with Crippen LogP contribution in [0.25, 0.3) is 0 Å². The lowest BCUT2D eigenvalue weighted by molar-refractivity contribution is -0.186. The number of amides is 1. The number of benzene rings is 2. The molecule has 1 heterocycles. The van der Waals surface area contributed by atoms with Gasteiger partial charge in [-0.15, -0.1) is 0 Å². The highest BCUT2D eigenvalue weighted by Crippen LogP contribution is 2.54. The molecule has 0 unspecified atom stereocenters. The number of carbonyl (C=O) groups is 2. The van der Waals surface area contributed by atoms with E-state index in [9.17, 15) is 9.59 Å². The molecule has 2 atom stereocenters. The summed E-state index contributed by atoms with van der Waals surface area (Å²) in [6.07, 6.45) is 0. The van der Waals surface area contributed by atoms with Crippen molar-refractivity contribution in [1.82, 2.24) is 4.90 Å². The average molecular weight is 327 g/mol. The molecular weight excluding hydrogens is 310 g/mol. The zero-order valence-electron chi connectivity index (χ0n) is 12.9. The van der Waals surface area contributed by atoms with Crippen molar-refractivity contribution in [1.29, 1.82) is 0 Å². The number of rotatable bonds is 4. The molecule has 0 saturated carbocycles. The van der Waals surface area contributed by atoms with Crippen LogP contribution in [0.3, 0.4) is 0 Å². The van der Waals surface area contributed by atoms with Gasteiger partial charge < -0.3 is 9.64 Å². The number of carbonyl (C=O) groups excluding carboxylic acids is 2. The Balaban J connectivity index is 2.02. The monoisotopic (exact) mass is 327 g/mol. The maximum Gasteiger partial charge on any atom is 0.304 e. The van der Waals surface area contributed by atoms with Crippen molar-refractivity contribution in [3.05, 3.63) is 66.2 Å². The number of hydrogen-bond donors (Lipinski definition) is 0. The van der Waals surface area contributed by atoms with Crippen molar-refractivity contribution < 1.29 is 14.3 Å². The van der Waals surface area contributed by atoms with Crippen LogP contribution >= 0.6 is 11.8 Å². The third kappa shape index (κ3) is 2.72. The minimum absolute atomic E-state index is 0.199. The van der Waals surface area contributed by atoms with Gasteiger partial charge in [0.1, 0.15) is 6.04 Å². The molecule has 1 amide bonds. The van der Waals surface area contributed by atoms with E-state index in [-0.39, 0.29) is 11.9 Å². The van der Waals surface area contributed by atoms with Crippen molar-refractivity contribution in [2.45, 2.75) is 22.8 Å². The van der Waals surface area contributed by atoms with Crippen molar-refractivity contribution in [3.63, 3.8) is 0 Å². The third-order valence-electron chi connectivity index (χ3n) is 3.79. The Labute approximate surface area is 139 Å². The Morgan fingerprint density at radius 2 is 1.65 bits per heavy atom. The van der Waals surface area contributed by atoms with E-state index in [1.165, 1.54) is 18.7 Å². The predicted octanol–water partition coefficient (Wildman–Crippen LogP) is 3.25. The molecule has 0 aliphatic carbocycles. The number of ether oxygens (including phenoxy) is 1. The Morgan fingerprint density at radius 1 is 1.09 bits per heavy atom. The summed E-state index contributed by atoms with van der Waals surface area (Å²) in [7, 11) is 1.73. The van der Waals surface area contributed by atoms with Crippen molar-refractivity contribution in [2.24, 2.45) is 0 Å². The molecule has 5 heteroatoms. The van der Waals surface area contributed by atoms with Crippen LogP contribution in [0.1, 0.15) is 18.5 Å². The average Bonchev–Trinajstić information content (AvgIpc) is 2.56. The van der Waals surface area contributed by atoms with Gasteiger partial charge in [-0.05, 0) is 17.7 Å². The molecule has 1 fully saturated rings. The van der Waals surface area contributed by atoms with Gasteiger partial charge in [-0.1, -0.05) is 60.3 Å². The van der Waals surface area contributed by atoms with Gasteiger partial charge in [0, 0.05) is 18.9 Å². The highest BCUT2D eigenvalue weighted by atomic mass is 32.2. The first-order valence-corrected chi connectivity index (χ1v) is 8.12. The van der Waals surface area contributed by atoms with Gasteiger partial charge >= 0.3 is 5.97 Å². The fraction of sp³-hybridized carbons (Fsp3) is 0.222. The number of esters is 1. The molecule has 0 aromatic heterocycles. The summed E-state index contributed by atoms with van der Waals surface area (Å²) >= 11 is 1.29. The second-order valence-corrected chi connectivity index (χ2v) is 6.69. The molecule has 2 aromatic rings. The smallest absolute Gasteiger partial charge is 0.304 e. The number of β-lactam (4-membered cyclic amide) rings is 1. The van der Waals surface area contributed by atoms with Crippen molar-refractivity contribution in [3.8, 4) is 0 Å². The standard InChI is InChI=1S/C18H17NO3S/c1-13(20)22-18(23-15-11-7-4-8-12-15)16(19(2)17(18)21)14-9-5-3-6-10-14/h3-12,16H,1-2H3/t16-,18-/m0/s1. The minimum Gasteiger partial charge on any atom is -0.435 e. The molecule has 0 bridgehead atoms. The zero-order valence-corrected chi connectivity index (χ0v) is 13.7. The highest BCUT2D eigenvalue weighted by molar-refractivity contribution is 8.01. The van der Waals surface area contributed by atoms with Gasteiger partial charge in [-0.2, -0.15) is 0 Å². The van der Waals surface area contributed by atoms with Crippen LogP contribution in [0, 0.1) is 0 Å². The Kier molecular flexibility index (Phi) is 4.13. The van der Waals surface area contributed by atoms with E-state index in [1.54, 1.807) is 11.9 Å². The molecule has 118 valence electrons. The molecule has 1 saturated heterocycles. The Bertz CT molecular complexity index is 720. The van der Waals surface area contributed by atoms with E-state index in [1.807, 2.05) is 60.7 Å². The molecule has 0 spiro atoms. The number of likely N-dealkylation sites (N-methyl/N-ethyl adjacent to an activating group) is 1. The lowest BCUT2D eigenvalue weighted by Gasteiger charge is -2.52. The molecule has 1 aliphatic rings. The normalized spacial score (nSPS) is 23.3. The molecule has 1 aliphatic heterocycles. The number of likely N-dealkylation sites (tertiary alicyclic amines) is 1. The molecule has 0 N–H and O–H groups in total. The first-order chi connectivity index (χ1) is 11.0. The molecule has 2 aromatic carbocycles. The van der Waals surface area contributed by atoms with Crippen molar-refractivity contribution in [2.75, 3.05) is 7.05 Å². The van der Waals surface area contributed by atoms with Crippen LogP contribution < -0.4 is 0 Å². The predicted molar refractivity (Wildman–Crippen MR) is 88.7 cm³/mol. The van der Waals surface area contributed by atoms with Gasteiger partial charge in [-0.25, -0.2) is 0 Å². The summed E-state index contributed by atoms with van der Waals surface area (Å²) in [5, 5.41) is 0. The minimum atomic E-state index is -1.25. The Morgan fingerprint density at radius 3 is 2.22 bits per heavy atom. The fourth-order valence-corrected chi connectivity index (χ4v) is 4.28. The summed E-state index contributed by atoms with van der Waals surface area (Å²) in [4.78, 5) is 25.6. The largest absolute Gasteiger partial charge is 0.435 e. The first-order valence-electron chi connectivity index (χ1n) is 7.30. The number of thioether (sulfide) groups is 1. The molecule has 3 rings (SSSR count). The summed E-state index contributed by atoms with van der Waals surface area (Å²) in [6.45, 7) is 1.33. The lowest BCUT2D eigenvalue weighted by atomic mass is 9.90. The summed E-state index contributed by atoms with van der Waals surface area (Å²) in [5.74, 6) is -0.661. The second-order valence-electron chi connectivity index (χ2n) is 5.41. The van der Waals surface area contributed by atoms with Gasteiger partial charge in [0.15, 0.2) is 0 Å². The van der Waals surface area contributed by atoms with E-state index in [2.05, 4.69) is 0 Å². The van der Waals surface area contributed by atoms with Crippen LogP contribution in [-0.4, -0.2) is 28.8 Å². The lowest BCUT2D eigenvalue weighted by Crippen LogP contribution is -2.66. The zero-order chi connectivity index (χ0) is 16.4. The first kappa shape index (κ1) is 15.6.